The maximum Gasteiger partial charge on any atom is 0.348 e. The van der Waals surface area contributed by atoms with Crippen molar-refractivity contribution in [2.24, 2.45) is 0 Å². The molecule has 26 heavy (non-hydrogen) atoms. The first-order valence-electron chi connectivity index (χ1n) is 7.94. The van der Waals surface area contributed by atoms with Gasteiger partial charge in [-0.05, 0) is 31.5 Å². The first-order chi connectivity index (χ1) is 12.4. The highest BCUT2D eigenvalue weighted by molar-refractivity contribution is 6.36. The topological polar surface area (TPSA) is 77.5 Å². The van der Waals surface area contributed by atoms with Gasteiger partial charge in [0.05, 0.1) is 10.0 Å². The van der Waals surface area contributed by atoms with E-state index in [0.717, 1.165) is 0 Å². The molecule has 8 heteroatoms. The second-order valence-corrected chi connectivity index (χ2v) is 6.22. The number of hydrogen-bond acceptors (Lipinski definition) is 5. The third-order valence-corrected chi connectivity index (χ3v) is 3.86. The number of aromatic nitrogens is 1. The lowest BCUT2D eigenvalue weighted by atomic mass is 10.2. The van der Waals surface area contributed by atoms with Gasteiger partial charge in [-0.25, -0.2) is 9.78 Å². The Kier molecular flexibility index (Phi) is 7.24. The van der Waals surface area contributed by atoms with Gasteiger partial charge in [0.1, 0.15) is 5.75 Å². The van der Waals surface area contributed by atoms with Crippen LogP contribution in [0.15, 0.2) is 42.6 Å². The molecule has 1 N–H and O–H groups in total. The van der Waals surface area contributed by atoms with Gasteiger partial charge < -0.3 is 14.8 Å². The SMILES string of the molecule is CC[C@H](Oc1ccccc1)C(=O)O[C@H](C)C(=O)Nc1ncc(Cl)cc1Cl. The number of ether oxygens (including phenoxy) is 2. The highest BCUT2D eigenvalue weighted by atomic mass is 35.5. The van der Waals surface area contributed by atoms with Crippen molar-refractivity contribution in [2.45, 2.75) is 32.5 Å². The number of anilines is 1. The molecule has 0 aliphatic heterocycles. The number of nitrogens with one attached hydrogen (secondary N) is 1. The summed E-state index contributed by atoms with van der Waals surface area (Å²) in [6.45, 7) is 3.24. The van der Waals surface area contributed by atoms with E-state index in [1.165, 1.54) is 19.2 Å². The van der Waals surface area contributed by atoms with Crippen molar-refractivity contribution in [2.75, 3.05) is 5.32 Å². The Hall–Kier alpha value is -2.31. The summed E-state index contributed by atoms with van der Waals surface area (Å²) >= 11 is 11.7. The largest absolute Gasteiger partial charge is 0.479 e. The molecule has 0 aliphatic rings. The van der Waals surface area contributed by atoms with Crippen molar-refractivity contribution >= 4 is 40.9 Å². The van der Waals surface area contributed by atoms with Crippen LogP contribution >= 0.6 is 23.2 Å². The van der Waals surface area contributed by atoms with E-state index < -0.39 is 24.1 Å². The molecule has 1 aromatic heterocycles. The zero-order valence-corrected chi connectivity index (χ0v) is 15.8. The first kappa shape index (κ1) is 20.0. The minimum absolute atomic E-state index is 0.136. The standard InChI is InChI=1S/C18H18Cl2N2O4/c1-3-15(26-13-7-5-4-6-8-13)18(24)25-11(2)17(23)22-16-14(20)9-12(19)10-21-16/h4-11,15H,3H2,1-2H3,(H,21,22,23)/t11-,15+/m1/s1. The van der Waals surface area contributed by atoms with Gasteiger partial charge in [-0.2, -0.15) is 0 Å². The Bertz CT molecular complexity index is 771. The van der Waals surface area contributed by atoms with Crippen LogP contribution < -0.4 is 10.1 Å². The maximum absolute atomic E-state index is 12.3. The van der Waals surface area contributed by atoms with Crippen LogP contribution in [0.3, 0.4) is 0 Å². The van der Waals surface area contributed by atoms with Crippen LogP contribution in [-0.4, -0.2) is 29.1 Å². The molecule has 2 rings (SSSR count). The van der Waals surface area contributed by atoms with E-state index in [-0.39, 0.29) is 10.8 Å². The molecule has 138 valence electrons. The first-order valence-corrected chi connectivity index (χ1v) is 8.70. The lowest BCUT2D eigenvalue weighted by Crippen LogP contribution is -2.36. The minimum Gasteiger partial charge on any atom is -0.479 e. The highest BCUT2D eigenvalue weighted by Crippen LogP contribution is 2.22. The summed E-state index contributed by atoms with van der Waals surface area (Å²) < 4.78 is 10.8. The number of pyridine rings is 1. The molecule has 0 fully saturated rings. The number of hydrogen-bond donors (Lipinski definition) is 1. The summed E-state index contributed by atoms with van der Waals surface area (Å²) in [7, 11) is 0. The van der Waals surface area contributed by atoms with E-state index in [9.17, 15) is 9.59 Å². The van der Waals surface area contributed by atoms with Gasteiger partial charge in [0.15, 0.2) is 18.0 Å². The summed E-state index contributed by atoms with van der Waals surface area (Å²) in [5.74, 6) is -0.513. The van der Waals surface area contributed by atoms with Crippen molar-refractivity contribution in [3.63, 3.8) is 0 Å². The Morgan fingerprint density at radius 1 is 1.23 bits per heavy atom. The van der Waals surface area contributed by atoms with Crippen molar-refractivity contribution in [1.29, 1.82) is 0 Å². The van der Waals surface area contributed by atoms with E-state index in [0.29, 0.717) is 17.2 Å². The number of rotatable bonds is 7. The van der Waals surface area contributed by atoms with E-state index in [1.807, 2.05) is 6.07 Å². The average Bonchev–Trinajstić information content (AvgIpc) is 2.62. The van der Waals surface area contributed by atoms with Crippen LogP contribution in [0.1, 0.15) is 20.3 Å². The Morgan fingerprint density at radius 3 is 2.54 bits per heavy atom. The monoisotopic (exact) mass is 396 g/mol. The second-order valence-electron chi connectivity index (χ2n) is 5.38. The summed E-state index contributed by atoms with van der Waals surface area (Å²) in [6, 6.07) is 10.4. The zero-order chi connectivity index (χ0) is 19.1. The molecule has 2 atom stereocenters. The number of halogens is 2. The van der Waals surface area contributed by atoms with Crippen LogP contribution in [0.5, 0.6) is 5.75 Å². The minimum atomic E-state index is -1.05. The summed E-state index contributed by atoms with van der Waals surface area (Å²) in [6.07, 6.45) is -0.123. The maximum atomic E-state index is 12.3. The van der Waals surface area contributed by atoms with E-state index in [4.69, 9.17) is 32.7 Å². The fourth-order valence-electron chi connectivity index (χ4n) is 1.99. The van der Waals surface area contributed by atoms with Crippen LogP contribution in [0.25, 0.3) is 0 Å². The molecule has 1 amide bonds. The predicted octanol–water partition coefficient (Wildman–Crippen LogP) is 4.12. The number of carbonyl (C=O) groups excluding carboxylic acids is 2. The quantitative estimate of drug-likeness (QED) is 0.712. The molecule has 0 spiro atoms. The number of esters is 1. The summed E-state index contributed by atoms with van der Waals surface area (Å²) in [5, 5.41) is 3.02. The molecule has 2 aromatic rings. The number of carbonyl (C=O) groups is 2. The second kappa shape index (κ2) is 9.40. The molecule has 0 saturated heterocycles. The van der Waals surface area contributed by atoms with Gasteiger partial charge in [0.2, 0.25) is 0 Å². The van der Waals surface area contributed by atoms with Crippen LogP contribution in [0.2, 0.25) is 10.0 Å². The van der Waals surface area contributed by atoms with Crippen LogP contribution in [0, 0.1) is 0 Å². The molecule has 1 aromatic carbocycles. The number of nitrogens with zero attached hydrogens (tertiary/aromatic N) is 1. The van der Waals surface area contributed by atoms with Crippen molar-refractivity contribution in [3.05, 3.63) is 52.6 Å². The Labute approximate surface area is 161 Å². The third-order valence-electron chi connectivity index (χ3n) is 3.37. The molecule has 0 aliphatic carbocycles. The fraction of sp³-hybridized carbons (Fsp3) is 0.278. The van der Waals surface area contributed by atoms with Crippen LogP contribution in [0.4, 0.5) is 5.82 Å². The fourth-order valence-corrected chi connectivity index (χ4v) is 2.42. The molecular weight excluding hydrogens is 379 g/mol. The van der Waals surface area contributed by atoms with Crippen LogP contribution in [-0.2, 0) is 14.3 Å². The molecule has 0 unspecified atom stereocenters. The van der Waals surface area contributed by atoms with Gasteiger partial charge >= 0.3 is 5.97 Å². The molecular formula is C18H18Cl2N2O4. The zero-order valence-electron chi connectivity index (χ0n) is 14.2. The average molecular weight is 397 g/mol. The molecule has 0 radical (unpaired) electrons. The normalized spacial score (nSPS) is 12.8. The van der Waals surface area contributed by atoms with Gasteiger partial charge in [0.25, 0.3) is 5.91 Å². The molecule has 1 heterocycles. The number of para-hydroxylation sites is 1. The number of amides is 1. The van der Waals surface area contributed by atoms with Crippen molar-refractivity contribution < 1.29 is 19.1 Å². The highest BCUT2D eigenvalue weighted by Gasteiger charge is 2.26. The van der Waals surface area contributed by atoms with Gasteiger partial charge in [-0.1, -0.05) is 48.3 Å². The Morgan fingerprint density at radius 2 is 1.92 bits per heavy atom. The molecule has 0 saturated carbocycles. The van der Waals surface area contributed by atoms with E-state index >= 15 is 0 Å². The van der Waals surface area contributed by atoms with E-state index in [1.54, 1.807) is 31.2 Å². The van der Waals surface area contributed by atoms with Crippen molar-refractivity contribution in [3.8, 4) is 5.75 Å². The van der Waals surface area contributed by atoms with E-state index in [2.05, 4.69) is 10.3 Å². The Balaban J connectivity index is 1.94. The lowest BCUT2D eigenvalue weighted by molar-refractivity contribution is -0.160. The predicted molar refractivity (Wildman–Crippen MR) is 99.6 cm³/mol. The summed E-state index contributed by atoms with van der Waals surface area (Å²) in [4.78, 5) is 28.4. The molecule has 6 nitrogen and oxygen atoms in total. The smallest absolute Gasteiger partial charge is 0.348 e. The van der Waals surface area contributed by atoms with Gasteiger partial charge in [-0.3, -0.25) is 4.79 Å². The lowest BCUT2D eigenvalue weighted by Gasteiger charge is -2.19. The van der Waals surface area contributed by atoms with Crippen molar-refractivity contribution in [1.82, 2.24) is 4.98 Å². The molecule has 0 bridgehead atoms. The van der Waals surface area contributed by atoms with Gasteiger partial charge in [-0.15, -0.1) is 0 Å². The third kappa shape index (κ3) is 5.61. The summed E-state index contributed by atoms with van der Waals surface area (Å²) in [5.41, 5.74) is 0. The number of benzene rings is 1. The van der Waals surface area contributed by atoms with Gasteiger partial charge in [0, 0.05) is 6.20 Å².